The number of aromatic hydroxyl groups is 1. The van der Waals surface area contributed by atoms with E-state index < -0.39 is 34.6 Å². The Hall–Kier alpha value is -1.19. The summed E-state index contributed by atoms with van der Waals surface area (Å²) >= 11 is 10.9. The van der Waals surface area contributed by atoms with Crippen molar-refractivity contribution in [2.24, 2.45) is 9.98 Å². The molecule has 202 valence electrons. The van der Waals surface area contributed by atoms with Crippen LogP contribution in [-0.4, -0.2) is 121 Å². The van der Waals surface area contributed by atoms with Crippen LogP contribution in [0, 0.1) is 0 Å². The Balaban J connectivity index is 1.33. The van der Waals surface area contributed by atoms with Gasteiger partial charge in [-0.25, -0.2) is 4.99 Å². The van der Waals surface area contributed by atoms with Gasteiger partial charge in [0.05, 0.1) is 28.1 Å². The summed E-state index contributed by atoms with van der Waals surface area (Å²) in [5.41, 5.74) is -1.65. The molecule has 0 unspecified atom stereocenters. The van der Waals surface area contributed by atoms with Gasteiger partial charge in [-0.15, -0.1) is 35.3 Å². The lowest BCUT2D eigenvalue weighted by molar-refractivity contribution is -0.145. The third kappa shape index (κ3) is 4.75. The molecule has 37 heavy (non-hydrogen) atoms. The lowest BCUT2D eigenvalue weighted by Gasteiger charge is -2.34. The Morgan fingerprint density at radius 2 is 2.05 bits per heavy atom. The maximum Gasteiger partial charge on any atom is 0.324 e. The smallest absolute Gasteiger partial charge is 0.324 e. The van der Waals surface area contributed by atoms with Crippen molar-refractivity contribution in [2.45, 2.75) is 53.1 Å². The summed E-state index contributed by atoms with van der Waals surface area (Å²) in [6.45, 7) is 1.76. The summed E-state index contributed by atoms with van der Waals surface area (Å²) in [5.74, 6) is 0.695. The van der Waals surface area contributed by atoms with Crippen LogP contribution in [0.25, 0.3) is 0 Å². The third-order valence-electron chi connectivity index (χ3n) is 7.16. The van der Waals surface area contributed by atoms with E-state index >= 15 is 0 Å². The number of aliphatic hydroxyl groups is 1. The van der Waals surface area contributed by atoms with Gasteiger partial charge >= 0.3 is 5.97 Å². The molecular formula is C23H29ClN4O6S3. The topological polar surface area (TPSA) is 127 Å². The van der Waals surface area contributed by atoms with Crippen molar-refractivity contribution < 1.29 is 29.6 Å². The summed E-state index contributed by atoms with van der Waals surface area (Å²) in [7, 11) is 5.29. The molecular weight excluding hydrogens is 560 g/mol. The Bertz CT molecular complexity index is 1140. The molecule has 0 aliphatic carbocycles. The first-order valence-electron chi connectivity index (χ1n) is 11.7. The van der Waals surface area contributed by atoms with Gasteiger partial charge in [0.25, 0.3) is 0 Å². The minimum atomic E-state index is -1.54. The Morgan fingerprint density at radius 3 is 2.73 bits per heavy atom. The molecule has 4 aliphatic rings. The molecule has 0 spiro atoms. The van der Waals surface area contributed by atoms with Crippen LogP contribution in [0.2, 0.25) is 5.02 Å². The minimum Gasteiger partial charge on any atom is -0.507 e. The molecule has 0 saturated carbocycles. The fourth-order valence-electron chi connectivity index (χ4n) is 5.07. The molecule has 2 saturated heterocycles. The summed E-state index contributed by atoms with van der Waals surface area (Å²) in [4.78, 5) is 25.3. The Kier molecular flexibility index (Phi) is 7.71. The number of benzene rings is 1. The van der Waals surface area contributed by atoms with Gasteiger partial charge in [-0.1, -0.05) is 11.6 Å². The predicted octanol–water partition coefficient (Wildman–Crippen LogP) is 2.22. The number of nitrogens with zero attached hydrogens (tertiary/aromatic N) is 4. The fourth-order valence-corrected chi connectivity index (χ4v) is 9.86. The maximum absolute atomic E-state index is 11.8. The number of thioether (sulfide) groups is 3. The summed E-state index contributed by atoms with van der Waals surface area (Å²) in [5, 5.41) is 32.5. The normalized spacial score (nSPS) is 38.6. The van der Waals surface area contributed by atoms with Crippen molar-refractivity contribution in [1.82, 2.24) is 9.80 Å². The molecule has 3 N–H and O–H groups in total. The zero-order valence-corrected chi connectivity index (χ0v) is 23.9. The largest absolute Gasteiger partial charge is 0.507 e. The van der Waals surface area contributed by atoms with Gasteiger partial charge in [0, 0.05) is 23.6 Å². The van der Waals surface area contributed by atoms with E-state index in [0.29, 0.717) is 16.3 Å². The van der Waals surface area contributed by atoms with E-state index in [1.807, 2.05) is 19.0 Å². The van der Waals surface area contributed by atoms with E-state index in [2.05, 4.69) is 9.89 Å². The molecule has 2 fully saturated rings. The highest BCUT2D eigenvalue weighted by atomic mass is 35.5. The first kappa shape index (κ1) is 27.4. The summed E-state index contributed by atoms with van der Waals surface area (Å²) in [6.07, 6.45) is -0.645. The van der Waals surface area contributed by atoms with Crippen molar-refractivity contribution >= 4 is 63.8 Å². The number of likely N-dealkylation sites (N-methyl/N-ethyl adjacent to an activating group) is 2. The highest BCUT2D eigenvalue weighted by molar-refractivity contribution is 8.14. The summed E-state index contributed by atoms with van der Waals surface area (Å²) in [6, 6.07) is 3.79. The van der Waals surface area contributed by atoms with Crippen LogP contribution in [-0.2, 0) is 14.3 Å². The monoisotopic (exact) mass is 588 g/mol. The number of rotatable bonds is 6. The molecule has 4 heterocycles. The molecule has 0 radical (unpaired) electrons. The molecule has 8 atom stereocenters. The van der Waals surface area contributed by atoms with Crippen molar-refractivity contribution in [3.8, 4) is 5.75 Å². The van der Waals surface area contributed by atoms with E-state index in [1.54, 1.807) is 42.6 Å². The van der Waals surface area contributed by atoms with Gasteiger partial charge in [0.2, 0.25) is 11.6 Å². The van der Waals surface area contributed by atoms with Crippen molar-refractivity contribution in [1.29, 1.82) is 0 Å². The average Bonchev–Trinajstić information content (AvgIpc) is 3.61. The van der Waals surface area contributed by atoms with Crippen LogP contribution >= 0.6 is 46.9 Å². The summed E-state index contributed by atoms with van der Waals surface area (Å²) < 4.78 is 11.3. The van der Waals surface area contributed by atoms with Crippen LogP contribution in [0.1, 0.15) is 12.5 Å². The fraction of sp³-hybridized carbons (Fsp3) is 0.609. The van der Waals surface area contributed by atoms with Gasteiger partial charge in [-0.3, -0.25) is 19.6 Å². The quantitative estimate of drug-likeness (QED) is 0.452. The maximum atomic E-state index is 11.8. The number of phenols is 1. The average molecular weight is 589 g/mol. The third-order valence-corrected chi connectivity index (χ3v) is 11.7. The second-order valence-corrected chi connectivity index (χ2v) is 13.2. The SMILES string of the molecule is CO[C@@H]1S[C@@H]([C@H]2CSC([C@@H]3CS[C@H]([C@@]4(O)N=C(c5cc(Cl)ccc5O)O[C@@H]4C)N3C)=N2)N(C)[C@H]1C(=O)O. The molecule has 4 aliphatic heterocycles. The van der Waals surface area contributed by atoms with Gasteiger partial charge in [0.1, 0.15) is 28.7 Å². The first-order valence-corrected chi connectivity index (χ1v) is 15.1. The van der Waals surface area contributed by atoms with E-state index in [1.165, 1.54) is 24.9 Å². The number of halogens is 1. The molecule has 1 aromatic rings. The van der Waals surface area contributed by atoms with Crippen LogP contribution in [0.15, 0.2) is 28.2 Å². The number of ether oxygens (including phenoxy) is 2. The van der Waals surface area contributed by atoms with Gasteiger partial charge in [0.15, 0.2) is 0 Å². The number of carboxylic acids is 1. The second-order valence-electron chi connectivity index (χ2n) is 9.41. The number of hydrogen-bond donors (Lipinski definition) is 3. The molecule has 5 rings (SSSR count). The molecule has 0 amide bonds. The van der Waals surface area contributed by atoms with E-state index in [-0.39, 0.29) is 29.1 Å². The lowest BCUT2D eigenvalue weighted by atomic mass is 10.1. The Labute approximate surface area is 232 Å². The molecule has 0 aromatic heterocycles. The van der Waals surface area contributed by atoms with E-state index in [0.717, 1.165) is 10.8 Å². The van der Waals surface area contributed by atoms with Gasteiger partial charge in [-0.2, -0.15) is 0 Å². The minimum absolute atomic E-state index is 0.0229. The zero-order valence-electron chi connectivity index (χ0n) is 20.6. The number of carbonyl (C=O) groups is 1. The van der Waals surface area contributed by atoms with Crippen molar-refractivity contribution in [3.05, 3.63) is 28.8 Å². The van der Waals surface area contributed by atoms with Crippen LogP contribution in [0.4, 0.5) is 0 Å². The van der Waals surface area contributed by atoms with Crippen molar-refractivity contribution in [3.63, 3.8) is 0 Å². The number of methoxy groups -OCH3 is 1. The van der Waals surface area contributed by atoms with Crippen LogP contribution < -0.4 is 0 Å². The van der Waals surface area contributed by atoms with Gasteiger partial charge in [-0.05, 0) is 39.2 Å². The number of hydrogen-bond acceptors (Lipinski definition) is 12. The molecule has 1 aromatic carbocycles. The highest BCUT2D eigenvalue weighted by Crippen LogP contribution is 2.45. The molecule has 0 bridgehead atoms. The Morgan fingerprint density at radius 1 is 1.30 bits per heavy atom. The zero-order chi connectivity index (χ0) is 26.6. The predicted molar refractivity (Wildman–Crippen MR) is 148 cm³/mol. The molecule has 14 heteroatoms. The number of phenolic OH excluding ortho intramolecular Hbond substituents is 1. The van der Waals surface area contributed by atoms with Crippen molar-refractivity contribution in [2.75, 3.05) is 32.7 Å². The van der Waals surface area contributed by atoms with E-state index in [9.17, 15) is 20.1 Å². The first-order chi connectivity index (χ1) is 17.5. The lowest BCUT2D eigenvalue weighted by Crippen LogP contribution is -2.53. The van der Waals surface area contributed by atoms with Gasteiger partial charge < -0.3 is 24.8 Å². The van der Waals surface area contributed by atoms with E-state index in [4.69, 9.17) is 26.1 Å². The standard InChI is InChI=1S/C23H29ClN4O6S3/c1-10-23(32,26-17(34-10)12-7-11(24)5-6-15(12)29)22-27(2)14(9-36-22)18-25-13(8-35-18)19-28(3)16(20(30)31)21(33-4)37-19/h5-7,10,13-14,16,19,21-22,29,32H,8-9H2,1-4H3,(H,30,31)/t10-,13-,14+,16+,19+,21-,22-,23-/m1/s1. The second kappa shape index (κ2) is 10.4. The highest BCUT2D eigenvalue weighted by Gasteiger charge is 2.55. The van der Waals surface area contributed by atoms with Crippen LogP contribution in [0.3, 0.4) is 0 Å². The van der Waals surface area contributed by atoms with Crippen LogP contribution in [0.5, 0.6) is 5.75 Å². The molecule has 10 nitrogen and oxygen atoms in total. The number of aliphatic carboxylic acids is 1. The number of carboxylic acid groups (broad SMARTS) is 1. The number of aliphatic imine (C=N–C) groups is 2.